The standard InChI is InChI=1S/C20H31N3O2.ClH/c1-19(2,3)13-22(5)17(24)15-7-6-8-16(11-15)18(25)23-10-9-20(4,12-21)14-23;/h6-8,11H,9-10,12-14,21H2,1-5H3;1H. The molecule has 146 valence electrons. The van der Waals surface area contributed by atoms with E-state index in [0.717, 1.165) is 6.42 Å². The average Bonchev–Trinajstić information content (AvgIpc) is 2.95. The summed E-state index contributed by atoms with van der Waals surface area (Å²) < 4.78 is 0. The van der Waals surface area contributed by atoms with E-state index in [1.165, 1.54) is 0 Å². The van der Waals surface area contributed by atoms with Gasteiger partial charge in [0, 0.05) is 37.8 Å². The van der Waals surface area contributed by atoms with Gasteiger partial charge in [0.15, 0.2) is 0 Å². The van der Waals surface area contributed by atoms with Crippen molar-refractivity contribution in [3.05, 3.63) is 35.4 Å². The van der Waals surface area contributed by atoms with Gasteiger partial charge < -0.3 is 15.5 Å². The van der Waals surface area contributed by atoms with E-state index in [-0.39, 0.29) is 35.1 Å². The number of hydrogen-bond donors (Lipinski definition) is 1. The van der Waals surface area contributed by atoms with Crippen molar-refractivity contribution < 1.29 is 9.59 Å². The summed E-state index contributed by atoms with van der Waals surface area (Å²) in [4.78, 5) is 29.0. The number of nitrogens with zero attached hydrogens (tertiary/aromatic N) is 2. The monoisotopic (exact) mass is 381 g/mol. The van der Waals surface area contributed by atoms with E-state index in [1.54, 1.807) is 36.2 Å². The van der Waals surface area contributed by atoms with Crippen molar-refractivity contribution in [3.63, 3.8) is 0 Å². The van der Waals surface area contributed by atoms with Crippen LogP contribution in [0.2, 0.25) is 0 Å². The first-order valence-electron chi connectivity index (χ1n) is 8.90. The molecule has 1 atom stereocenters. The Morgan fingerprint density at radius 2 is 1.88 bits per heavy atom. The lowest BCUT2D eigenvalue weighted by atomic mass is 9.90. The molecule has 1 aromatic rings. The maximum absolute atomic E-state index is 12.8. The maximum atomic E-state index is 12.8. The van der Waals surface area contributed by atoms with Gasteiger partial charge in [0.2, 0.25) is 0 Å². The minimum Gasteiger partial charge on any atom is -0.341 e. The summed E-state index contributed by atoms with van der Waals surface area (Å²) in [5, 5.41) is 0. The van der Waals surface area contributed by atoms with Gasteiger partial charge in [-0.05, 0) is 42.0 Å². The molecule has 1 unspecified atom stereocenters. The Hall–Kier alpha value is -1.59. The van der Waals surface area contributed by atoms with Crippen molar-refractivity contribution in [2.45, 2.75) is 34.1 Å². The summed E-state index contributed by atoms with van der Waals surface area (Å²) in [7, 11) is 1.80. The molecule has 1 aliphatic rings. The second-order valence-electron chi connectivity index (χ2n) is 8.79. The molecule has 0 bridgehead atoms. The number of hydrogen-bond acceptors (Lipinski definition) is 3. The molecular weight excluding hydrogens is 350 g/mol. The zero-order valence-corrected chi connectivity index (χ0v) is 17.4. The third-order valence-corrected chi connectivity index (χ3v) is 4.75. The van der Waals surface area contributed by atoms with Gasteiger partial charge in [-0.3, -0.25) is 9.59 Å². The van der Waals surface area contributed by atoms with Crippen LogP contribution in [0.25, 0.3) is 0 Å². The topological polar surface area (TPSA) is 66.6 Å². The van der Waals surface area contributed by atoms with Crippen LogP contribution in [-0.4, -0.2) is 54.8 Å². The Morgan fingerprint density at radius 3 is 2.42 bits per heavy atom. The number of nitrogens with two attached hydrogens (primary N) is 1. The highest BCUT2D eigenvalue weighted by atomic mass is 35.5. The van der Waals surface area contributed by atoms with Crippen LogP contribution in [0.15, 0.2) is 24.3 Å². The van der Waals surface area contributed by atoms with Gasteiger partial charge in [-0.25, -0.2) is 0 Å². The molecule has 5 nitrogen and oxygen atoms in total. The molecule has 0 spiro atoms. The first-order chi connectivity index (χ1) is 11.5. The third kappa shape index (κ3) is 5.45. The molecular formula is C20H32ClN3O2. The highest BCUT2D eigenvalue weighted by molar-refractivity contribution is 5.99. The van der Waals surface area contributed by atoms with Gasteiger partial charge >= 0.3 is 0 Å². The fourth-order valence-electron chi connectivity index (χ4n) is 3.34. The Kier molecular flexibility index (Phi) is 7.25. The van der Waals surface area contributed by atoms with E-state index < -0.39 is 0 Å². The quantitative estimate of drug-likeness (QED) is 0.871. The molecule has 2 rings (SSSR count). The third-order valence-electron chi connectivity index (χ3n) is 4.75. The van der Waals surface area contributed by atoms with Gasteiger partial charge in [-0.1, -0.05) is 33.8 Å². The summed E-state index contributed by atoms with van der Waals surface area (Å²) in [6.45, 7) is 11.0. The molecule has 0 aromatic heterocycles. The van der Waals surface area contributed by atoms with Crippen molar-refractivity contribution in [2.75, 3.05) is 33.2 Å². The van der Waals surface area contributed by atoms with E-state index in [4.69, 9.17) is 5.73 Å². The number of benzene rings is 1. The molecule has 2 N–H and O–H groups in total. The molecule has 1 aromatic carbocycles. The number of carbonyl (C=O) groups is 2. The van der Waals surface area contributed by atoms with E-state index in [1.807, 2.05) is 4.90 Å². The lowest BCUT2D eigenvalue weighted by molar-refractivity contribution is 0.0745. The number of halogens is 1. The molecule has 1 fully saturated rings. The lowest BCUT2D eigenvalue weighted by Crippen LogP contribution is -2.35. The van der Waals surface area contributed by atoms with Crippen molar-refractivity contribution >= 4 is 24.2 Å². The second kappa shape index (κ2) is 8.40. The summed E-state index contributed by atoms with van der Waals surface area (Å²) in [5.74, 6) is -0.0805. The molecule has 1 saturated heterocycles. The predicted molar refractivity (Wildman–Crippen MR) is 108 cm³/mol. The van der Waals surface area contributed by atoms with Crippen molar-refractivity contribution in [2.24, 2.45) is 16.6 Å². The summed E-state index contributed by atoms with van der Waals surface area (Å²) in [5.41, 5.74) is 6.97. The van der Waals surface area contributed by atoms with Gasteiger partial charge in [-0.2, -0.15) is 0 Å². The van der Waals surface area contributed by atoms with Crippen LogP contribution in [0, 0.1) is 10.8 Å². The fraction of sp³-hybridized carbons (Fsp3) is 0.600. The fourth-order valence-corrected chi connectivity index (χ4v) is 3.34. The molecule has 0 saturated carbocycles. The number of carbonyl (C=O) groups excluding carboxylic acids is 2. The van der Waals surface area contributed by atoms with Crippen LogP contribution in [0.1, 0.15) is 54.8 Å². The SMILES string of the molecule is CN(CC(C)(C)C)C(=O)c1cccc(C(=O)N2CCC(C)(CN)C2)c1.Cl. The first-order valence-corrected chi connectivity index (χ1v) is 8.90. The molecule has 1 aliphatic heterocycles. The van der Waals surface area contributed by atoms with Crippen LogP contribution in [0.4, 0.5) is 0 Å². The molecule has 0 aliphatic carbocycles. The largest absolute Gasteiger partial charge is 0.341 e. The van der Waals surface area contributed by atoms with Gasteiger partial charge in [0.1, 0.15) is 0 Å². The molecule has 0 radical (unpaired) electrons. The Balaban J connectivity index is 0.00000338. The normalized spacial score (nSPS) is 19.8. The van der Waals surface area contributed by atoms with Gasteiger partial charge in [0.25, 0.3) is 11.8 Å². The summed E-state index contributed by atoms with van der Waals surface area (Å²) in [6.07, 6.45) is 0.919. The second-order valence-corrected chi connectivity index (χ2v) is 8.79. The molecule has 1 heterocycles. The van der Waals surface area contributed by atoms with Crippen molar-refractivity contribution in [1.29, 1.82) is 0 Å². The summed E-state index contributed by atoms with van der Waals surface area (Å²) >= 11 is 0. The molecule has 2 amide bonds. The van der Waals surface area contributed by atoms with Crippen LogP contribution in [-0.2, 0) is 0 Å². The molecule has 6 heteroatoms. The first kappa shape index (κ1) is 22.5. The highest BCUT2D eigenvalue weighted by Gasteiger charge is 2.35. The maximum Gasteiger partial charge on any atom is 0.253 e. The lowest BCUT2D eigenvalue weighted by Gasteiger charge is -2.27. The van der Waals surface area contributed by atoms with E-state index >= 15 is 0 Å². The number of amides is 2. The zero-order chi connectivity index (χ0) is 18.8. The van der Waals surface area contributed by atoms with E-state index in [9.17, 15) is 9.59 Å². The average molecular weight is 382 g/mol. The number of rotatable bonds is 4. The predicted octanol–water partition coefficient (Wildman–Crippen LogP) is 3.04. The minimum absolute atomic E-state index is 0. The van der Waals surface area contributed by atoms with Crippen LogP contribution in [0.3, 0.4) is 0 Å². The van der Waals surface area contributed by atoms with Crippen molar-refractivity contribution in [3.8, 4) is 0 Å². The van der Waals surface area contributed by atoms with Crippen LogP contribution in [0.5, 0.6) is 0 Å². The van der Waals surface area contributed by atoms with E-state index in [2.05, 4.69) is 27.7 Å². The zero-order valence-electron chi connectivity index (χ0n) is 16.5. The van der Waals surface area contributed by atoms with E-state index in [0.29, 0.717) is 37.3 Å². The Labute approximate surface area is 163 Å². The van der Waals surface area contributed by atoms with Crippen LogP contribution < -0.4 is 5.73 Å². The van der Waals surface area contributed by atoms with Crippen molar-refractivity contribution in [1.82, 2.24) is 9.80 Å². The smallest absolute Gasteiger partial charge is 0.253 e. The summed E-state index contributed by atoms with van der Waals surface area (Å²) in [6, 6.07) is 7.04. The molecule has 26 heavy (non-hydrogen) atoms. The Bertz CT molecular complexity index is 657. The minimum atomic E-state index is -0.0576. The number of likely N-dealkylation sites (tertiary alicyclic amines) is 1. The van der Waals surface area contributed by atoms with Crippen LogP contribution >= 0.6 is 12.4 Å². The Morgan fingerprint density at radius 1 is 1.27 bits per heavy atom. The highest BCUT2D eigenvalue weighted by Crippen LogP contribution is 2.29. The van der Waals surface area contributed by atoms with Gasteiger partial charge in [-0.15, -0.1) is 12.4 Å². The van der Waals surface area contributed by atoms with Gasteiger partial charge in [0.05, 0.1) is 0 Å².